The zero-order valence-corrected chi connectivity index (χ0v) is 19.3. The van der Waals surface area contributed by atoms with Crippen molar-refractivity contribution in [1.82, 2.24) is 16.0 Å². The Morgan fingerprint density at radius 1 is 0.886 bits per heavy atom. The van der Waals surface area contributed by atoms with Crippen LogP contribution in [0.1, 0.15) is 42.7 Å². The summed E-state index contributed by atoms with van der Waals surface area (Å²) in [5.41, 5.74) is 4.54. The Labute approximate surface area is 203 Å². The van der Waals surface area contributed by atoms with Crippen LogP contribution in [0.3, 0.4) is 0 Å². The number of benzene rings is 2. The first-order valence-electron chi connectivity index (χ1n) is 11.8. The molecule has 1 atom stereocenters. The van der Waals surface area contributed by atoms with Crippen LogP contribution in [0.25, 0.3) is 11.1 Å². The molecule has 4 N–H and O–H groups in total. The number of amides is 3. The lowest BCUT2D eigenvalue weighted by Gasteiger charge is -2.33. The van der Waals surface area contributed by atoms with Gasteiger partial charge in [0.25, 0.3) is 0 Å². The summed E-state index contributed by atoms with van der Waals surface area (Å²) in [5, 5.41) is 16.1. The van der Waals surface area contributed by atoms with Gasteiger partial charge in [-0.15, -0.1) is 0 Å². The summed E-state index contributed by atoms with van der Waals surface area (Å²) in [6.07, 6.45) is 2.28. The van der Waals surface area contributed by atoms with Gasteiger partial charge in [0, 0.05) is 18.4 Å². The van der Waals surface area contributed by atoms with Gasteiger partial charge >= 0.3 is 12.1 Å². The van der Waals surface area contributed by atoms with Crippen LogP contribution in [-0.4, -0.2) is 54.7 Å². The second-order valence-electron chi connectivity index (χ2n) is 8.92. The number of ether oxygens (including phenoxy) is 1. The number of alkyl carbamates (subject to hydrolysis) is 1. The Morgan fingerprint density at radius 2 is 1.49 bits per heavy atom. The fourth-order valence-corrected chi connectivity index (χ4v) is 4.66. The minimum atomic E-state index is -1.16. The maximum absolute atomic E-state index is 12.7. The molecule has 0 radical (unpaired) electrons. The molecule has 0 spiro atoms. The number of carboxylic acid groups (broad SMARTS) is 1. The molecule has 2 aliphatic rings. The van der Waals surface area contributed by atoms with Crippen LogP contribution in [0.4, 0.5) is 4.79 Å². The molecule has 1 unspecified atom stereocenters. The van der Waals surface area contributed by atoms with Crippen molar-refractivity contribution in [3.8, 4) is 11.1 Å². The van der Waals surface area contributed by atoms with Crippen molar-refractivity contribution in [1.29, 1.82) is 0 Å². The molecule has 2 aromatic carbocycles. The lowest BCUT2D eigenvalue weighted by Crippen LogP contribution is -2.47. The monoisotopic (exact) mass is 479 g/mol. The van der Waals surface area contributed by atoms with Gasteiger partial charge in [-0.1, -0.05) is 55.0 Å². The van der Waals surface area contributed by atoms with Gasteiger partial charge in [0.15, 0.2) is 0 Å². The molecule has 9 heteroatoms. The Kier molecular flexibility index (Phi) is 7.64. The first-order valence-corrected chi connectivity index (χ1v) is 11.8. The summed E-state index contributed by atoms with van der Waals surface area (Å²) in [7, 11) is 0. The van der Waals surface area contributed by atoms with Gasteiger partial charge in [-0.3, -0.25) is 14.4 Å². The van der Waals surface area contributed by atoms with Gasteiger partial charge in [-0.2, -0.15) is 0 Å². The summed E-state index contributed by atoms with van der Waals surface area (Å²) in [5.74, 6) is -2.04. The number of aliphatic carboxylic acids is 1. The largest absolute Gasteiger partial charge is 0.480 e. The molecule has 0 saturated heterocycles. The third-order valence-corrected chi connectivity index (χ3v) is 6.65. The van der Waals surface area contributed by atoms with Crippen molar-refractivity contribution in [2.75, 3.05) is 19.7 Å². The molecule has 2 aliphatic carbocycles. The number of carbonyl (C=O) groups excluding carboxylic acids is 3. The first kappa shape index (κ1) is 24.3. The van der Waals surface area contributed by atoms with Crippen LogP contribution < -0.4 is 16.0 Å². The fourth-order valence-electron chi connectivity index (χ4n) is 4.66. The zero-order valence-electron chi connectivity index (χ0n) is 19.3. The maximum Gasteiger partial charge on any atom is 0.407 e. The van der Waals surface area contributed by atoms with Gasteiger partial charge in [0.1, 0.15) is 13.2 Å². The minimum Gasteiger partial charge on any atom is -0.480 e. The van der Waals surface area contributed by atoms with Crippen molar-refractivity contribution < 1.29 is 29.0 Å². The van der Waals surface area contributed by atoms with E-state index in [0.29, 0.717) is 0 Å². The van der Waals surface area contributed by atoms with Crippen molar-refractivity contribution in [2.45, 2.75) is 37.6 Å². The maximum atomic E-state index is 12.7. The number of nitrogens with one attached hydrogen (secondary N) is 3. The molecule has 0 aliphatic heterocycles. The number of hydrogen-bond acceptors (Lipinski definition) is 5. The number of rotatable bonds is 10. The highest BCUT2D eigenvalue weighted by Gasteiger charge is 2.32. The summed E-state index contributed by atoms with van der Waals surface area (Å²) in [4.78, 5) is 47.2. The van der Waals surface area contributed by atoms with Crippen LogP contribution in [-0.2, 0) is 19.1 Å². The molecule has 9 nitrogen and oxygen atoms in total. The van der Waals surface area contributed by atoms with Crippen LogP contribution in [0.5, 0.6) is 0 Å². The average Bonchev–Trinajstić information content (AvgIpc) is 3.12. The molecule has 0 bridgehead atoms. The zero-order chi connectivity index (χ0) is 24.8. The summed E-state index contributed by atoms with van der Waals surface area (Å²) < 4.78 is 5.62. The molecule has 184 valence electrons. The molecule has 0 heterocycles. The smallest absolute Gasteiger partial charge is 0.407 e. The van der Waals surface area contributed by atoms with E-state index >= 15 is 0 Å². The van der Waals surface area contributed by atoms with E-state index in [1.165, 1.54) is 0 Å². The predicted octanol–water partition coefficient (Wildman–Crippen LogP) is 2.40. The second-order valence-corrected chi connectivity index (χ2v) is 8.92. The fraction of sp³-hybridized carbons (Fsp3) is 0.385. The van der Waals surface area contributed by atoms with E-state index in [2.05, 4.69) is 40.2 Å². The van der Waals surface area contributed by atoms with E-state index in [1.54, 1.807) is 0 Å². The molecule has 4 rings (SSSR count). The van der Waals surface area contributed by atoms with Gasteiger partial charge < -0.3 is 25.8 Å². The summed E-state index contributed by atoms with van der Waals surface area (Å²) >= 11 is 0. The van der Waals surface area contributed by atoms with E-state index in [4.69, 9.17) is 9.84 Å². The Balaban J connectivity index is 1.30. The molecule has 0 aromatic heterocycles. The third kappa shape index (κ3) is 5.98. The number of hydrogen-bond donors (Lipinski definition) is 4. The number of carbonyl (C=O) groups is 4. The highest BCUT2D eigenvalue weighted by molar-refractivity contribution is 5.87. The average molecular weight is 480 g/mol. The second kappa shape index (κ2) is 11.0. The van der Waals surface area contributed by atoms with E-state index < -0.39 is 36.5 Å². The van der Waals surface area contributed by atoms with Gasteiger partial charge in [-0.25, -0.2) is 4.79 Å². The van der Waals surface area contributed by atoms with Gasteiger partial charge in [-0.05, 0) is 41.0 Å². The molecule has 2 aromatic rings. The highest BCUT2D eigenvalue weighted by Crippen LogP contribution is 2.44. The quantitative estimate of drug-likeness (QED) is 0.414. The van der Waals surface area contributed by atoms with E-state index in [-0.39, 0.29) is 31.4 Å². The van der Waals surface area contributed by atoms with Crippen LogP contribution in [0, 0.1) is 5.92 Å². The van der Waals surface area contributed by atoms with Crippen molar-refractivity contribution in [3.63, 3.8) is 0 Å². The third-order valence-electron chi connectivity index (χ3n) is 6.65. The lowest BCUT2D eigenvalue weighted by molar-refractivity contribution is -0.137. The molecule has 3 amide bonds. The topological polar surface area (TPSA) is 134 Å². The first-order chi connectivity index (χ1) is 16.9. The predicted molar refractivity (Wildman–Crippen MR) is 128 cm³/mol. The van der Waals surface area contributed by atoms with E-state index in [9.17, 15) is 19.2 Å². The summed E-state index contributed by atoms with van der Waals surface area (Å²) in [6.45, 7) is -0.648. The highest BCUT2D eigenvalue weighted by atomic mass is 16.5. The Bertz CT molecular complexity index is 1070. The molecule has 1 saturated carbocycles. The SMILES string of the molecule is O=C(O)CNC(=O)CNC(=O)CC(NC(=O)OCC1c2ccccc2-c2ccccc21)C1CCC1. The van der Waals surface area contributed by atoms with Gasteiger partial charge in [0.05, 0.1) is 6.54 Å². The number of fused-ring (bicyclic) bond motifs is 3. The standard InChI is InChI=1S/C26H29N3O6/c30-23(27-13-24(31)28-14-25(32)33)12-22(16-6-5-7-16)29-26(34)35-15-21-19-10-3-1-8-17(19)18-9-2-4-11-20(18)21/h1-4,8-11,16,21-22H,5-7,12-15H2,(H,27,30)(H,28,31)(H,29,34)(H,32,33). The summed E-state index contributed by atoms with van der Waals surface area (Å²) in [6, 6.07) is 15.8. The Morgan fingerprint density at radius 3 is 2.06 bits per heavy atom. The van der Waals surface area contributed by atoms with Crippen molar-refractivity contribution >= 4 is 23.9 Å². The molecular formula is C26H29N3O6. The van der Waals surface area contributed by atoms with Crippen LogP contribution in [0.15, 0.2) is 48.5 Å². The molecular weight excluding hydrogens is 450 g/mol. The minimum absolute atomic E-state index is 0.0150. The van der Waals surface area contributed by atoms with Crippen LogP contribution >= 0.6 is 0 Å². The van der Waals surface area contributed by atoms with Crippen molar-refractivity contribution in [3.05, 3.63) is 59.7 Å². The Hall–Kier alpha value is -3.88. The van der Waals surface area contributed by atoms with E-state index in [0.717, 1.165) is 41.5 Å². The number of carboxylic acids is 1. The van der Waals surface area contributed by atoms with E-state index in [1.807, 2.05) is 24.3 Å². The van der Waals surface area contributed by atoms with Crippen molar-refractivity contribution in [2.24, 2.45) is 5.92 Å². The van der Waals surface area contributed by atoms with Gasteiger partial charge in [0.2, 0.25) is 11.8 Å². The molecule has 35 heavy (non-hydrogen) atoms. The lowest BCUT2D eigenvalue weighted by atomic mass is 9.78. The molecule has 1 fully saturated rings. The van der Waals surface area contributed by atoms with Crippen LogP contribution in [0.2, 0.25) is 0 Å². The normalized spacial score (nSPS) is 15.2.